The fourth-order valence-corrected chi connectivity index (χ4v) is 3.36. The predicted molar refractivity (Wildman–Crippen MR) is 134 cm³/mol. The van der Waals surface area contributed by atoms with Gasteiger partial charge in [0.25, 0.3) is 5.89 Å². The van der Waals surface area contributed by atoms with Crippen molar-refractivity contribution in [2.75, 3.05) is 45.9 Å². The van der Waals surface area contributed by atoms with Crippen LogP contribution in [0, 0.1) is 0 Å². The molecule has 1 saturated heterocycles. The second kappa shape index (κ2) is 13.2. The number of halogens is 1. The van der Waals surface area contributed by atoms with Gasteiger partial charge in [0.05, 0.1) is 6.61 Å². The molecule has 0 saturated carbocycles. The molecule has 9 nitrogen and oxygen atoms in total. The van der Waals surface area contributed by atoms with Gasteiger partial charge in [0, 0.05) is 51.3 Å². The van der Waals surface area contributed by atoms with E-state index in [9.17, 15) is 4.79 Å². The van der Waals surface area contributed by atoms with E-state index < -0.39 is 0 Å². The van der Waals surface area contributed by atoms with Crippen LogP contribution in [0.2, 0.25) is 0 Å². The summed E-state index contributed by atoms with van der Waals surface area (Å²) in [4.78, 5) is 25.0. The van der Waals surface area contributed by atoms with E-state index in [1.807, 2.05) is 26.0 Å². The highest BCUT2D eigenvalue weighted by molar-refractivity contribution is 14.0. The van der Waals surface area contributed by atoms with Crippen molar-refractivity contribution < 1.29 is 14.1 Å². The molecule has 0 aliphatic carbocycles. The van der Waals surface area contributed by atoms with Gasteiger partial charge >= 0.3 is 6.09 Å². The van der Waals surface area contributed by atoms with Crippen LogP contribution in [-0.2, 0) is 17.6 Å². The Hall–Kier alpha value is -2.37. The number of aromatic nitrogens is 2. The van der Waals surface area contributed by atoms with E-state index in [-0.39, 0.29) is 30.1 Å². The first-order chi connectivity index (χ1) is 15.1. The molecule has 0 atom stereocenters. The third-order valence-electron chi connectivity index (χ3n) is 5.09. The van der Waals surface area contributed by atoms with Gasteiger partial charge in [-0.2, -0.15) is 4.98 Å². The van der Waals surface area contributed by atoms with E-state index in [4.69, 9.17) is 14.3 Å². The summed E-state index contributed by atoms with van der Waals surface area (Å²) in [6.45, 7) is 10.5. The molecular formula is C22H33IN6O3. The molecule has 176 valence electrons. The lowest BCUT2D eigenvalue weighted by Gasteiger charge is -2.35. The number of rotatable bonds is 7. The number of aliphatic imine (C=N–C) groups is 1. The van der Waals surface area contributed by atoms with Gasteiger partial charge in [-0.1, -0.05) is 24.2 Å². The average Bonchev–Trinajstić information content (AvgIpc) is 3.29. The molecule has 3 rings (SSSR count). The second-order valence-electron chi connectivity index (χ2n) is 7.22. The first-order valence-corrected chi connectivity index (χ1v) is 11.0. The zero-order valence-corrected chi connectivity index (χ0v) is 21.4. The summed E-state index contributed by atoms with van der Waals surface area (Å²) in [7, 11) is 0. The summed E-state index contributed by atoms with van der Waals surface area (Å²) in [5.41, 5.74) is 2.12. The number of ether oxygens (including phenoxy) is 1. The third kappa shape index (κ3) is 7.07. The maximum atomic E-state index is 11.9. The molecule has 1 aliphatic rings. The number of benzene rings is 1. The number of hydrogen-bond donors (Lipinski definition) is 1. The number of aryl methyl sites for hydroxylation is 1. The summed E-state index contributed by atoms with van der Waals surface area (Å²) in [6, 6.07) is 8.16. The predicted octanol–water partition coefficient (Wildman–Crippen LogP) is 3.20. The molecule has 1 aromatic carbocycles. The van der Waals surface area contributed by atoms with Gasteiger partial charge in [-0.3, -0.25) is 4.99 Å². The Balaban J connectivity index is 0.00000363. The van der Waals surface area contributed by atoms with Gasteiger partial charge in [-0.15, -0.1) is 24.0 Å². The van der Waals surface area contributed by atoms with E-state index >= 15 is 0 Å². The largest absolute Gasteiger partial charge is 0.450 e. The topological polar surface area (TPSA) is 96.1 Å². The van der Waals surface area contributed by atoms with Crippen molar-refractivity contribution in [1.82, 2.24) is 25.3 Å². The molecule has 1 amide bonds. The van der Waals surface area contributed by atoms with E-state index in [0.717, 1.165) is 44.0 Å². The standard InChI is InChI=1S/C22H32N6O3.HI/c1-4-19-25-20(31-26-19)18-9-7-17(8-10-18)11-12-24-21(23-5-2)27-13-15-28(16-14-27)22(29)30-6-3;/h7-10H,4-6,11-16H2,1-3H3,(H,23,24);1H. The minimum absolute atomic E-state index is 0. The van der Waals surface area contributed by atoms with Gasteiger partial charge in [0.2, 0.25) is 0 Å². The van der Waals surface area contributed by atoms with Crippen LogP contribution in [0.3, 0.4) is 0 Å². The highest BCUT2D eigenvalue weighted by Gasteiger charge is 2.23. The SMILES string of the molecule is CCNC(=NCCc1ccc(-c2nc(CC)no2)cc1)N1CCN(C(=O)OCC)CC1.I. The summed E-state index contributed by atoms with van der Waals surface area (Å²) in [5.74, 6) is 2.16. The van der Waals surface area contributed by atoms with Crippen LogP contribution in [0.25, 0.3) is 11.5 Å². The van der Waals surface area contributed by atoms with Crippen LogP contribution in [0.5, 0.6) is 0 Å². The normalized spacial score (nSPS) is 14.2. The number of carbonyl (C=O) groups excluding carboxylic acids is 1. The molecule has 1 aromatic heterocycles. The summed E-state index contributed by atoms with van der Waals surface area (Å²) in [5, 5.41) is 7.30. The van der Waals surface area contributed by atoms with Crippen molar-refractivity contribution >= 4 is 36.0 Å². The van der Waals surface area contributed by atoms with Crippen LogP contribution >= 0.6 is 24.0 Å². The zero-order chi connectivity index (χ0) is 22.1. The molecule has 1 aliphatic heterocycles. The Morgan fingerprint density at radius 1 is 1.12 bits per heavy atom. The lowest BCUT2D eigenvalue weighted by Crippen LogP contribution is -2.54. The molecule has 0 spiro atoms. The van der Waals surface area contributed by atoms with Crippen molar-refractivity contribution in [3.05, 3.63) is 35.7 Å². The fourth-order valence-electron chi connectivity index (χ4n) is 3.36. The molecular weight excluding hydrogens is 523 g/mol. The van der Waals surface area contributed by atoms with Gasteiger partial charge in [0.15, 0.2) is 11.8 Å². The third-order valence-corrected chi connectivity index (χ3v) is 5.09. The fraction of sp³-hybridized carbons (Fsp3) is 0.545. The van der Waals surface area contributed by atoms with Crippen LogP contribution in [0.1, 0.15) is 32.2 Å². The summed E-state index contributed by atoms with van der Waals surface area (Å²) >= 11 is 0. The Kier molecular flexibility index (Phi) is 10.7. The van der Waals surface area contributed by atoms with Gasteiger partial charge in [-0.05, 0) is 38.0 Å². The summed E-state index contributed by atoms with van der Waals surface area (Å²) in [6.07, 6.45) is 1.35. The minimum Gasteiger partial charge on any atom is -0.450 e. The second-order valence-corrected chi connectivity index (χ2v) is 7.22. The number of carbonyl (C=O) groups is 1. The first kappa shape index (κ1) is 25.9. The van der Waals surface area contributed by atoms with Crippen LogP contribution in [0.15, 0.2) is 33.8 Å². The number of amides is 1. The molecule has 1 N–H and O–H groups in total. The van der Waals surface area contributed by atoms with Crippen molar-refractivity contribution in [2.24, 2.45) is 4.99 Å². The highest BCUT2D eigenvalue weighted by atomic mass is 127. The molecule has 10 heteroatoms. The van der Waals surface area contributed by atoms with E-state index in [1.54, 1.807) is 4.90 Å². The van der Waals surface area contributed by atoms with Crippen molar-refractivity contribution in [3.63, 3.8) is 0 Å². The molecule has 2 aromatic rings. The molecule has 0 bridgehead atoms. The average molecular weight is 556 g/mol. The van der Waals surface area contributed by atoms with Crippen LogP contribution in [-0.4, -0.2) is 77.9 Å². The maximum absolute atomic E-state index is 11.9. The Morgan fingerprint density at radius 2 is 1.81 bits per heavy atom. The Labute approximate surface area is 206 Å². The van der Waals surface area contributed by atoms with Crippen molar-refractivity contribution in [3.8, 4) is 11.5 Å². The lowest BCUT2D eigenvalue weighted by atomic mass is 10.1. The zero-order valence-electron chi connectivity index (χ0n) is 19.0. The van der Waals surface area contributed by atoms with Crippen LogP contribution < -0.4 is 5.32 Å². The number of hydrogen-bond acceptors (Lipinski definition) is 6. The van der Waals surface area contributed by atoms with Crippen molar-refractivity contribution in [1.29, 1.82) is 0 Å². The van der Waals surface area contributed by atoms with Crippen LogP contribution in [0.4, 0.5) is 4.79 Å². The van der Waals surface area contributed by atoms with Crippen molar-refractivity contribution in [2.45, 2.75) is 33.6 Å². The number of nitrogens with one attached hydrogen (secondary N) is 1. The molecule has 0 unspecified atom stereocenters. The Bertz CT molecular complexity index is 863. The molecule has 0 radical (unpaired) electrons. The van der Waals surface area contributed by atoms with Gasteiger partial charge in [-0.25, -0.2) is 4.79 Å². The molecule has 1 fully saturated rings. The quantitative estimate of drug-likeness (QED) is 0.318. The number of guanidine groups is 1. The maximum Gasteiger partial charge on any atom is 0.409 e. The highest BCUT2D eigenvalue weighted by Crippen LogP contribution is 2.18. The lowest BCUT2D eigenvalue weighted by molar-refractivity contribution is 0.0914. The van der Waals surface area contributed by atoms with E-state index in [0.29, 0.717) is 38.0 Å². The van der Waals surface area contributed by atoms with E-state index in [2.05, 4.69) is 39.4 Å². The number of nitrogens with zero attached hydrogens (tertiary/aromatic N) is 5. The molecule has 32 heavy (non-hydrogen) atoms. The monoisotopic (exact) mass is 556 g/mol. The van der Waals surface area contributed by atoms with Gasteiger partial charge in [0.1, 0.15) is 0 Å². The molecule has 2 heterocycles. The Morgan fingerprint density at radius 3 is 2.41 bits per heavy atom. The first-order valence-electron chi connectivity index (χ1n) is 11.0. The van der Waals surface area contributed by atoms with Gasteiger partial charge < -0.3 is 24.4 Å². The summed E-state index contributed by atoms with van der Waals surface area (Å²) < 4.78 is 10.4. The number of piperazine rings is 1. The smallest absolute Gasteiger partial charge is 0.409 e. The van der Waals surface area contributed by atoms with E-state index in [1.165, 1.54) is 5.56 Å². The minimum atomic E-state index is -0.237.